The first-order chi connectivity index (χ1) is 12.3. The number of halogens is 1. The molecule has 0 spiro atoms. The number of hydrogen-bond donors (Lipinski definition) is 5. The summed E-state index contributed by atoms with van der Waals surface area (Å²) in [5, 5.41) is 34.9. The quantitative estimate of drug-likeness (QED) is 0.342. The first-order valence-corrected chi connectivity index (χ1v) is 9.46. The van der Waals surface area contributed by atoms with E-state index >= 15 is 0 Å². The minimum atomic E-state index is -0.893. The van der Waals surface area contributed by atoms with Crippen LogP contribution < -0.4 is 10.6 Å². The Hall–Kier alpha value is -2.00. The molecule has 0 fully saturated rings. The molecule has 1 aliphatic rings. The van der Waals surface area contributed by atoms with E-state index in [2.05, 4.69) is 39.3 Å². The van der Waals surface area contributed by atoms with E-state index in [-0.39, 0.29) is 24.1 Å². The zero-order valence-corrected chi connectivity index (χ0v) is 16.5. The molecule has 0 radical (unpaired) electrons. The maximum atomic E-state index is 10.8. The molecular weight excluding hydrogens is 447 g/mol. The average molecular weight is 468 g/mol. The molecule has 6 nitrogen and oxygen atoms in total. The minimum absolute atomic E-state index is 0.0540. The predicted molar refractivity (Wildman–Crippen MR) is 108 cm³/mol. The van der Waals surface area contributed by atoms with Gasteiger partial charge in [0.05, 0.1) is 5.69 Å². The molecule has 0 aliphatic carbocycles. The molecule has 1 heterocycles. The lowest BCUT2D eigenvalue weighted by Gasteiger charge is -2.28. The van der Waals surface area contributed by atoms with E-state index in [0.717, 1.165) is 50.9 Å². The Balaban J connectivity index is 1.84. The Morgan fingerprint density at radius 3 is 2.69 bits per heavy atom. The van der Waals surface area contributed by atoms with Gasteiger partial charge in [0.1, 0.15) is 6.54 Å². The summed E-state index contributed by atoms with van der Waals surface area (Å²) < 4.78 is 0.975. The molecule has 0 bridgehead atoms. The Morgan fingerprint density at radius 1 is 1.27 bits per heavy atom. The standard InChI is InChI=1S/C19H21IN2O4/c1-10-4-11(5-14(20)19(10)22-9-18(25)26)6-15-13-8-17(24)16(23)7-12(13)2-3-21-15/h4-5,7-8,15,21-24H,2-3,6,9H2,1H3,(H,25,26). The summed E-state index contributed by atoms with van der Waals surface area (Å²) in [5.74, 6) is -1.07. The molecule has 0 saturated heterocycles. The highest BCUT2D eigenvalue weighted by atomic mass is 127. The van der Waals surface area contributed by atoms with Crippen molar-refractivity contribution in [3.8, 4) is 11.5 Å². The van der Waals surface area contributed by atoms with Crippen LogP contribution in [0.5, 0.6) is 11.5 Å². The molecule has 26 heavy (non-hydrogen) atoms. The van der Waals surface area contributed by atoms with Gasteiger partial charge in [0.15, 0.2) is 11.5 Å². The molecular formula is C19H21IN2O4. The molecule has 7 heteroatoms. The second-order valence-corrected chi connectivity index (χ2v) is 7.68. The first-order valence-electron chi connectivity index (χ1n) is 8.38. The Labute approximate surface area is 165 Å². The maximum absolute atomic E-state index is 10.8. The Morgan fingerprint density at radius 2 is 2.00 bits per heavy atom. The van der Waals surface area contributed by atoms with Crippen molar-refractivity contribution >= 4 is 34.2 Å². The normalized spacial score (nSPS) is 16.2. The summed E-state index contributed by atoms with van der Waals surface area (Å²) in [7, 11) is 0. The molecule has 5 N–H and O–H groups in total. The van der Waals surface area contributed by atoms with Gasteiger partial charge in [-0.15, -0.1) is 0 Å². The number of carbonyl (C=O) groups is 1. The van der Waals surface area contributed by atoms with Crippen molar-refractivity contribution in [1.29, 1.82) is 0 Å². The van der Waals surface area contributed by atoms with E-state index in [1.54, 1.807) is 12.1 Å². The van der Waals surface area contributed by atoms with Crippen LogP contribution in [-0.2, 0) is 17.6 Å². The van der Waals surface area contributed by atoms with Crippen molar-refractivity contribution in [1.82, 2.24) is 5.32 Å². The lowest BCUT2D eigenvalue weighted by atomic mass is 9.89. The average Bonchev–Trinajstić information content (AvgIpc) is 2.55. The summed E-state index contributed by atoms with van der Waals surface area (Å²) >= 11 is 2.21. The van der Waals surface area contributed by atoms with E-state index in [4.69, 9.17) is 5.11 Å². The number of aromatic hydroxyl groups is 2. The summed E-state index contributed by atoms with van der Waals surface area (Å²) in [6.07, 6.45) is 1.56. The SMILES string of the molecule is Cc1cc(CC2NCCc3cc(O)c(O)cc32)cc(I)c1NCC(=O)O. The zero-order chi connectivity index (χ0) is 18.8. The molecule has 0 saturated carbocycles. The third kappa shape index (κ3) is 4.04. The minimum Gasteiger partial charge on any atom is -0.504 e. The number of carboxylic acid groups (broad SMARTS) is 1. The van der Waals surface area contributed by atoms with E-state index in [1.165, 1.54) is 0 Å². The van der Waals surface area contributed by atoms with Crippen molar-refractivity contribution < 1.29 is 20.1 Å². The number of benzene rings is 2. The van der Waals surface area contributed by atoms with Crippen LogP contribution >= 0.6 is 22.6 Å². The third-order valence-corrected chi connectivity index (χ3v) is 5.45. The van der Waals surface area contributed by atoms with Crippen LogP contribution in [0, 0.1) is 10.5 Å². The van der Waals surface area contributed by atoms with Crippen molar-refractivity contribution in [3.05, 3.63) is 50.1 Å². The monoisotopic (exact) mass is 468 g/mol. The van der Waals surface area contributed by atoms with Crippen molar-refractivity contribution in [3.63, 3.8) is 0 Å². The molecule has 2 aromatic carbocycles. The number of fused-ring (bicyclic) bond motifs is 1. The molecule has 0 amide bonds. The van der Waals surface area contributed by atoms with Gasteiger partial charge in [-0.05, 0) is 89.4 Å². The van der Waals surface area contributed by atoms with Gasteiger partial charge in [0.2, 0.25) is 0 Å². The van der Waals surface area contributed by atoms with Crippen LogP contribution in [-0.4, -0.2) is 34.4 Å². The highest BCUT2D eigenvalue weighted by molar-refractivity contribution is 14.1. The Kier molecular flexibility index (Phi) is 5.57. The topological polar surface area (TPSA) is 102 Å². The number of aryl methyl sites for hydroxylation is 1. The molecule has 3 rings (SSSR count). The van der Waals surface area contributed by atoms with Crippen molar-refractivity contribution in [2.75, 3.05) is 18.4 Å². The summed E-state index contributed by atoms with van der Waals surface area (Å²) in [5.41, 5.74) is 5.03. The largest absolute Gasteiger partial charge is 0.504 e. The first kappa shape index (κ1) is 18.8. The number of phenolic OH excluding ortho intramolecular Hbond substituents is 2. The Bertz CT molecular complexity index is 831. The summed E-state index contributed by atoms with van der Waals surface area (Å²) in [6.45, 7) is 2.66. The van der Waals surface area contributed by atoms with Crippen LogP contribution in [0.2, 0.25) is 0 Å². The van der Waals surface area contributed by atoms with Crippen molar-refractivity contribution in [2.24, 2.45) is 0 Å². The van der Waals surface area contributed by atoms with Gasteiger partial charge in [0, 0.05) is 9.61 Å². The van der Waals surface area contributed by atoms with Gasteiger partial charge in [0.25, 0.3) is 0 Å². The maximum Gasteiger partial charge on any atom is 0.322 e. The van der Waals surface area contributed by atoms with Crippen LogP contribution in [0.25, 0.3) is 0 Å². The van der Waals surface area contributed by atoms with Gasteiger partial charge in [-0.1, -0.05) is 6.07 Å². The summed E-state index contributed by atoms with van der Waals surface area (Å²) in [4.78, 5) is 10.8. The van der Waals surface area contributed by atoms with Crippen molar-refractivity contribution in [2.45, 2.75) is 25.8 Å². The van der Waals surface area contributed by atoms with Crippen LogP contribution in [0.15, 0.2) is 24.3 Å². The number of phenols is 2. The number of hydrogen-bond acceptors (Lipinski definition) is 5. The number of nitrogens with one attached hydrogen (secondary N) is 2. The molecule has 1 atom stereocenters. The van der Waals surface area contributed by atoms with E-state index in [1.807, 2.05) is 13.0 Å². The molecule has 138 valence electrons. The fraction of sp³-hybridized carbons (Fsp3) is 0.316. The van der Waals surface area contributed by atoms with Gasteiger partial charge < -0.3 is 26.0 Å². The van der Waals surface area contributed by atoms with E-state index in [9.17, 15) is 15.0 Å². The van der Waals surface area contributed by atoms with Crippen LogP contribution in [0.1, 0.15) is 28.3 Å². The zero-order valence-electron chi connectivity index (χ0n) is 14.3. The van der Waals surface area contributed by atoms with Gasteiger partial charge in [-0.2, -0.15) is 0 Å². The second-order valence-electron chi connectivity index (χ2n) is 6.52. The van der Waals surface area contributed by atoms with Gasteiger partial charge in [-0.3, -0.25) is 4.79 Å². The number of anilines is 1. The lowest BCUT2D eigenvalue weighted by Crippen LogP contribution is -2.31. The molecule has 1 unspecified atom stereocenters. The fourth-order valence-electron chi connectivity index (χ4n) is 3.41. The second kappa shape index (κ2) is 7.71. The van der Waals surface area contributed by atoms with Gasteiger partial charge in [-0.25, -0.2) is 0 Å². The van der Waals surface area contributed by atoms with Crippen LogP contribution in [0.3, 0.4) is 0 Å². The number of carboxylic acids is 1. The van der Waals surface area contributed by atoms with E-state index in [0.29, 0.717) is 0 Å². The molecule has 0 aromatic heterocycles. The fourth-order valence-corrected chi connectivity index (χ4v) is 4.42. The predicted octanol–water partition coefficient (Wildman–Crippen LogP) is 2.94. The highest BCUT2D eigenvalue weighted by Crippen LogP contribution is 2.35. The van der Waals surface area contributed by atoms with Crippen LogP contribution in [0.4, 0.5) is 5.69 Å². The summed E-state index contributed by atoms with van der Waals surface area (Å²) in [6, 6.07) is 7.45. The smallest absolute Gasteiger partial charge is 0.322 e. The highest BCUT2D eigenvalue weighted by Gasteiger charge is 2.22. The van der Waals surface area contributed by atoms with Gasteiger partial charge >= 0.3 is 5.97 Å². The number of aliphatic carboxylic acids is 1. The molecule has 1 aliphatic heterocycles. The van der Waals surface area contributed by atoms with E-state index < -0.39 is 5.97 Å². The lowest BCUT2D eigenvalue weighted by molar-refractivity contribution is -0.134. The number of rotatable bonds is 5. The molecule has 2 aromatic rings. The third-order valence-electron chi connectivity index (χ3n) is 4.60.